The van der Waals surface area contributed by atoms with Gasteiger partial charge in [-0.25, -0.2) is 9.97 Å². The van der Waals surface area contributed by atoms with Crippen molar-refractivity contribution >= 4 is 39.0 Å². The first kappa shape index (κ1) is 20.4. The Hall–Kier alpha value is -2.49. The smallest absolute Gasteiger partial charge is 0.245 e. The monoisotopic (exact) mass is 451 g/mol. The third-order valence-corrected chi connectivity index (χ3v) is 7.48. The minimum absolute atomic E-state index is 0.183. The summed E-state index contributed by atoms with van der Waals surface area (Å²) in [6.07, 6.45) is 1.83. The van der Waals surface area contributed by atoms with Crippen molar-refractivity contribution in [2.24, 2.45) is 5.41 Å². The summed E-state index contributed by atoms with van der Waals surface area (Å²) >= 11 is 3.12. The number of piperazine rings is 1. The maximum Gasteiger partial charge on any atom is 0.245 e. The molecule has 0 bridgehead atoms. The van der Waals surface area contributed by atoms with E-state index in [1.165, 1.54) is 11.5 Å². The van der Waals surface area contributed by atoms with E-state index in [1.54, 1.807) is 11.3 Å². The zero-order chi connectivity index (χ0) is 21.6. The first-order chi connectivity index (χ1) is 14.9. The van der Waals surface area contributed by atoms with Crippen molar-refractivity contribution in [3.8, 4) is 21.7 Å². The summed E-state index contributed by atoms with van der Waals surface area (Å²) < 4.78 is 5.51. The van der Waals surface area contributed by atoms with Gasteiger partial charge in [0.25, 0.3) is 0 Å². The van der Waals surface area contributed by atoms with Gasteiger partial charge in [-0.1, -0.05) is 32.9 Å². The van der Waals surface area contributed by atoms with E-state index in [0.29, 0.717) is 12.0 Å². The van der Waals surface area contributed by atoms with Gasteiger partial charge in [0, 0.05) is 36.8 Å². The first-order valence-electron chi connectivity index (χ1n) is 10.4. The van der Waals surface area contributed by atoms with E-state index in [0.717, 1.165) is 57.2 Å². The predicted octanol–water partition coefficient (Wildman–Crippen LogP) is 4.40. The molecule has 4 heterocycles. The van der Waals surface area contributed by atoms with Gasteiger partial charge in [0.05, 0.1) is 32.5 Å². The van der Waals surface area contributed by atoms with E-state index in [4.69, 9.17) is 0 Å². The molecule has 0 saturated carbocycles. The van der Waals surface area contributed by atoms with Crippen molar-refractivity contribution in [1.29, 1.82) is 0 Å². The average molecular weight is 452 g/mol. The number of nitrogens with one attached hydrogen (secondary N) is 1. The van der Waals surface area contributed by atoms with Crippen molar-refractivity contribution in [2.75, 3.05) is 24.5 Å². The lowest BCUT2D eigenvalue weighted by Crippen LogP contribution is -2.56. The van der Waals surface area contributed by atoms with Gasteiger partial charge in [-0.2, -0.15) is 4.37 Å². The van der Waals surface area contributed by atoms with Crippen LogP contribution in [0.15, 0.2) is 29.9 Å². The Balaban J connectivity index is 1.45. The molecule has 0 radical (unpaired) electrons. The zero-order valence-corrected chi connectivity index (χ0v) is 19.7. The van der Waals surface area contributed by atoms with Crippen LogP contribution in [0.5, 0.6) is 0 Å². The van der Waals surface area contributed by atoms with Crippen molar-refractivity contribution < 1.29 is 0 Å². The molecule has 31 heavy (non-hydrogen) atoms. The quantitative estimate of drug-likeness (QED) is 0.494. The highest BCUT2D eigenvalue weighted by molar-refractivity contribution is 7.17. The Morgan fingerprint density at radius 3 is 2.68 bits per heavy atom. The molecule has 0 spiro atoms. The third kappa shape index (κ3) is 3.93. The molecule has 3 aromatic heterocycles. The minimum Gasteiger partial charge on any atom is -0.337 e. The number of fused-ring (bicyclic) bond motifs is 1. The van der Waals surface area contributed by atoms with Gasteiger partial charge in [0.1, 0.15) is 5.69 Å². The molecule has 1 atom stereocenters. The lowest BCUT2D eigenvalue weighted by Gasteiger charge is -2.40. The second kappa shape index (κ2) is 7.89. The summed E-state index contributed by atoms with van der Waals surface area (Å²) in [5, 5.41) is 12.6. The zero-order valence-electron chi connectivity index (χ0n) is 18.1. The van der Waals surface area contributed by atoms with Gasteiger partial charge in [-0.05, 0) is 29.9 Å². The minimum atomic E-state index is 0.183. The van der Waals surface area contributed by atoms with Crippen LogP contribution in [0, 0.1) is 12.3 Å². The third-order valence-electron chi connectivity index (χ3n) is 5.71. The Labute approximate surface area is 189 Å². The van der Waals surface area contributed by atoms with Crippen LogP contribution in [-0.4, -0.2) is 50.2 Å². The molecule has 0 amide bonds. The maximum absolute atomic E-state index is 4.67. The van der Waals surface area contributed by atoms with Crippen LogP contribution in [-0.2, 0) is 0 Å². The second-order valence-electron chi connectivity index (χ2n) is 8.99. The molecular weight excluding hydrogens is 426 g/mol. The predicted molar refractivity (Wildman–Crippen MR) is 128 cm³/mol. The van der Waals surface area contributed by atoms with Crippen molar-refractivity contribution in [3.05, 3.63) is 35.6 Å². The van der Waals surface area contributed by atoms with Gasteiger partial charge in [0.15, 0.2) is 0 Å². The number of aryl methyl sites for hydroxylation is 1. The number of nitrogens with zero attached hydrogens (tertiary/aromatic N) is 6. The fourth-order valence-electron chi connectivity index (χ4n) is 3.89. The fraction of sp³-hybridized carbons (Fsp3) is 0.409. The number of anilines is 1. The highest BCUT2D eigenvalue weighted by Crippen LogP contribution is 2.38. The van der Waals surface area contributed by atoms with E-state index in [2.05, 4.69) is 73.7 Å². The van der Waals surface area contributed by atoms with Crippen molar-refractivity contribution in [1.82, 2.24) is 29.9 Å². The molecular formula is C22H25N7S2. The Morgan fingerprint density at radius 2 is 1.97 bits per heavy atom. The van der Waals surface area contributed by atoms with Crippen LogP contribution in [0.1, 0.15) is 26.5 Å². The topological polar surface area (TPSA) is 79.7 Å². The largest absolute Gasteiger partial charge is 0.337 e. The first-order valence-corrected chi connectivity index (χ1v) is 12.0. The van der Waals surface area contributed by atoms with E-state index in [-0.39, 0.29) is 5.41 Å². The SMILES string of the molecule is Cc1cc(-c2ccc(-c3cnc(N4CCNC(C(C)(C)C)C4)nn3)c3scnc23)sn1. The Morgan fingerprint density at radius 1 is 1.13 bits per heavy atom. The molecule has 1 aromatic carbocycles. The molecule has 5 rings (SSSR count). The fourth-order valence-corrected chi connectivity index (χ4v) is 5.51. The molecule has 7 nitrogen and oxygen atoms in total. The lowest BCUT2D eigenvalue weighted by molar-refractivity contribution is 0.252. The van der Waals surface area contributed by atoms with E-state index in [9.17, 15) is 0 Å². The van der Waals surface area contributed by atoms with Crippen molar-refractivity contribution in [3.63, 3.8) is 0 Å². The molecule has 160 valence electrons. The van der Waals surface area contributed by atoms with Crippen LogP contribution < -0.4 is 10.2 Å². The van der Waals surface area contributed by atoms with E-state index < -0.39 is 0 Å². The Kier molecular flexibility index (Phi) is 5.19. The maximum atomic E-state index is 4.67. The highest BCUT2D eigenvalue weighted by atomic mass is 32.1. The number of hydrogen-bond acceptors (Lipinski definition) is 9. The van der Waals surface area contributed by atoms with Gasteiger partial charge in [0.2, 0.25) is 5.95 Å². The molecule has 0 aliphatic carbocycles. The normalized spacial score (nSPS) is 17.4. The van der Waals surface area contributed by atoms with E-state index in [1.807, 2.05) is 18.6 Å². The van der Waals surface area contributed by atoms with Crippen LogP contribution >= 0.6 is 22.9 Å². The number of aromatic nitrogens is 5. The molecule has 1 saturated heterocycles. The van der Waals surface area contributed by atoms with Gasteiger partial charge in [-0.15, -0.1) is 21.5 Å². The van der Waals surface area contributed by atoms with E-state index >= 15 is 0 Å². The summed E-state index contributed by atoms with van der Waals surface area (Å²) in [4.78, 5) is 12.7. The Bertz CT molecular complexity index is 1210. The molecule has 1 aliphatic rings. The standard InChI is InChI=1S/C22H25N7S2/c1-13-9-17(31-28-13)15-6-5-14(20-19(15)25-12-30-20)16-10-24-21(27-26-16)29-8-7-23-18(11-29)22(2,3)4/h5-6,9-10,12,18,23H,7-8,11H2,1-4H3. The van der Waals surface area contributed by atoms with Crippen LogP contribution in [0.2, 0.25) is 0 Å². The summed E-state index contributed by atoms with van der Waals surface area (Å²) in [5.74, 6) is 0.691. The van der Waals surface area contributed by atoms with Gasteiger partial charge < -0.3 is 10.2 Å². The molecule has 1 N–H and O–H groups in total. The molecule has 1 aliphatic heterocycles. The summed E-state index contributed by atoms with van der Waals surface area (Å²) in [7, 11) is 0. The summed E-state index contributed by atoms with van der Waals surface area (Å²) in [6.45, 7) is 11.5. The lowest BCUT2D eigenvalue weighted by atomic mass is 9.85. The van der Waals surface area contributed by atoms with Crippen LogP contribution in [0.3, 0.4) is 0 Å². The molecule has 4 aromatic rings. The number of thiazole rings is 1. The average Bonchev–Trinajstić information content (AvgIpc) is 3.42. The summed E-state index contributed by atoms with van der Waals surface area (Å²) in [5.41, 5.74) is 6.97. The van der Waals surface area contributed by atoms with Crippen LogP contribution in [0.4, 0.5) is 5.95 Å². The number of benzene rings is 1. The molecule has 1 unspecified atom stereocenters. The molecule has 1 fully saturated rings. The number of hydrogen-bond donors (Lipinski definition) is 1. The van der Waals surface area contributed by atoms with Gasteiger partial charge in [-0.3, -0.25) is 0 Å². The second-order valence-corrected chi connectivity index (χ2v) is 10.6. The van der Waals surface area contributed by atoms with Crippen LogP contribution in [0.25, 0.3) is 31.9 Å². The summed E-state index contributed by atoms with van der Waals surface area (Å²) in [6, 6.07) is 6.69. The van der Waals surface area contributed by atoms with Gasteiger partial charge >= 0.3 is 0 Å². The number of rotatable bonds is 3. The van der Waals surface area contributed by atoms with Crippen molar-refractivity contribution in [2.45, 2.75) is 33.7 Å². The molecule has 9 heteroatoms. The highest BCUT2D eigenvalue weighted by Gasteiger charge is 2.30.